The summed E-state index contributed by atoms with van der Waals surface area (Å²) >= 11 is 0. The van der Waals surface area contributed by atoms with Gasteiger partial charge in [-0.15, -0.1) is 0 Å². The summed E-state index contributed by atoms with van der Waals surface area (Å²) in [6.07, 6.45) is 4.72. The molecule has 1 aliphatic heterocycles. The van der Waals surface area contributed by atoms with Crippen molar-refractivity contribution in [2.24, 2.45) is 0 Å². The number of hydrogen-bond acceptors (Lipinski definition) is 6. The molecule has 1 aromatic heterocycles. The van der Waals surface area contributed by atoms with E-state index in [0.717, 1.165) is 25.2 Å². The molecule has 0 bridgehead atoms. The number of pyridine rings is 1. The topological polar surface area (TPSA) is 68.7 Å². The molecule has 25 heavy (non-hydrogen) atoms. The van der Waals surface area contributed by atoms with E-state index in [1.807, 2.05) is 12.3 Å². The van der Waals surface area contributed by atoms with Crippen molar-refractivity contribution in [1.29, 1.82) is 0 Å². The average molecular weight is 362 g/mol. The van der Waals surface area contributed by atoms with Gasteiger partial charge in [-0.1, -0.05) is 6.07 Å². The number of hydrogen-bond donors (Lipinski definition) is 0. The monoisotopic (exact) mass is 362 g/mol. The molecule has 0 amide bonds. The lowest BCUT2D eigenvalue weighted by Crippen LogP contribution is -2.35. The van der Waals surface area contributed by atoms with Crippen molar-refractivity contribution in [2.45, 2.75) is 17.5 Å². The van der Waals surface area contributed by atoms with Crippen LogP contribution in [0.2, 0.25) is 0 Å². The maximum atomic E-state index is 11.5. The van der Waals surface area contributed by atoms with Gasteiger partial charge in [-0.25, -0.2) is 8.42 Å². The zero-order chi connectivity index (χ0) is 17.7. The summed E-state index contributed by atoms with van der Waals surface area (Å²) in [6, 6.07) is 10.5. The Labute approximate surface area is 148 Å². The molecule has 134 valence electrons. The minimum atomic E-state index is -3.20. The van der Waals surface area contributed by atoms with E-state index in [9.17, 15) is 8.42 Å². The number of benzene rings is 1. The molecular formula is C18H22N2O4S. The van der Waals surface area contributed by atoms with E-state index in [2.05, 4.69) is 16.0 Å². The van der Waals surface area contributed by atoms with Gasteiger partial charge in [-0.2, -0.15) is 0 Å². The van der Waals surface area contributed by atoms with Crippen LogP contribution in [0.3, 0.4) is 0 Å². The molecule has 0 aliphatic carbocycles. The predicted molar refractivity (Wildman–Crippen MR) is 94.3 cm³/mol. The Bertz CT molecular complexity index is 778. The van der Waals surface area contributed by atoms with E-state index in [1.54, 1.807) is 30.5 Å². The molecule has 1 aliphatic rings. The van der Waals surface area contributed by atoms with Crippen LogP contribution in [0.5, 0.6) is 5.75 Å². The summed E-state index contributed by atoms with van der Waals surface area (Å²) < 4.78 is 34.7. The third kappa shape index (κ3) is 5.26. The van der Waals surface area contributed by atoms with Gasteiger partial charge in [-0.3, -0.25) is 9.88 Å². The minimum Gasteiger partial charge on any atom is -0.487 e. The summed E-state index contributed by atoms with van der Waals surface area (Å²) in [5.74, 6) is 0.643. The molecule has 0 N–H and O–H groups in total. The van der Waals surface area contributed by atoms with Gasteiger partial charge >= 0.3 is 0 Å². The molecule has 2 aromatic rings. The highest BCUT2D eigenvalue weighted by Gasteiger charge is 2.20. The van der Waals surface area contributed by atoms with Crippen LogP contribution in [0.25, 0.3) is 0 Å². The van der Waals surface area contributed by atoms with Crippen LogP contribution in [0.1, 0.15) is 5.56 Å². The summed E-state index contributed by atoms with van der Waals surface area (Å²) in [7, 11) is -3.20. The van der Waals surface area contributed by atoms with Crippen LogP contribution < -0.4 is 4.74 Å². The minimum absolute atomic E-state index is 0.108. The van der Waals surface area contributed by atoms with Crippen LogP contribution in [0.4, 0.5) is 0 Å². The SMILES string of the molecule is CS(=O)(=O)c1ccc(O[C@H]2COCCN(Cc3cccnc3)C2)cc1. The fourth-order valence-electron chi connectivity index (χ4n) is 2.76. The lowest BCUT2D eigenvalue weighted by Gasteiger charge is -2.24. The number of ether oxygens (including phenoxy) is 2. The van der Waals surface area contributed by atoms with Crippen LogP contribution >= 0.6 is 0 Å². The number of sulfone groups is 1. The second kappa shape index (κ2) is 7.95. The van der Waals surface area contributed by atoms with Crippen LogP contribution in [-0.2, 0) is 21.1 Å². The quantitative estimate of drug-likeness (QED) is 0.807. The van der Waals surface area contributed by atoms with E-state index in [4.69, 9.17) is 9.47 Å². The third-order valence-corrected chi connectivity index (χ3v) is 5.13. The maximum absolute atomic E-state index is 11.5. The lowest BCUT2D eigenvalue weighted by atomic mass is 10.2. The molecule has 7 heteroatoms. The largest absolute Gasteiger partial charge is 0.487 e. The average Bonchev–Trinajstić information content (AvgIpc) is 2.80. The highest BCUT2D eigenvalue weighted by molar-refractivity contribution is 7.90. The van der Waals surface area contributed by atoms with Crippen LogP contribution in [0.15, 0.2) is 53.7 Å². The van der Waals surface area contributed by atoms with Crippen molar-refractivity contribution >= 4 is 9.84 Å². The highest BCUT2D eigenvalue weighted by atomic mass is 32.2. The van der Waals surface area contributed by atoms with E-state index < -0.39 is 9.84 Å². The Balaban J connectivity index is 1.63. The third-order valence-electron chi connectivity index (χ3n) is 4.00. The van der Waals surface area contributed by atoms with Crippen molar-refractivity contribution in [3.8, 4) is 5.75 Å². The number of nitrogens with zero attached hydrogens (tertiary/aromatic N) is 2. The Morgan fingerprint density at radius 1 is 1.28 bits per heavy atom. The van der Waals surface area contributed by atoms with Gasteiger partial charge in [0.25, 0.3) is 0 Å². The molecular weight excluding hydrogens is 340 g/mol. The highest BCUT2D eigenvalue weighted by Crippen LogP contribution is 2.18. The molecule has 1 aromatic carbocycles. The van der Waals surface area contributed by atoms with E-state index in [0.29, 0.717) is 19.0 Å². The molecule has 2 heterocycles. The lowest BCUT2D eigenvalue weighted by molar-refractivity contribution is 0.0710. The Morgan fingerprint density at radius 3 is 2.76 bits per heavy atom. The van der Waals surface area contributed by atoms with Crippen LogP contribution in [-0.4, -0.2) is 57.0 Å². The molecule has 0 saturated carbocycles. The first kappa shape index (κ1) is 17.8. The molecule has 0 radical (unpaired) electrons. The zero-order valence-corrected chi connectivity index (χ0v) is 15.0. The first-order chi connectivity index (χ1) is 12.0. The Hall–Kier alpha value is -1.96. The smallest absolute Gasteiger partial charge is 0.175 e. The van der Waals surface area contributed by atoms with Gasteiger partial charge < -0.3 is 9.47 Å². The Morgan fingerprint density at radius 2 is 2.08 bits per heavy atom. The molecule has 1 atom stereocenters. The van der Waals surface area contributed by atoms with Crippen molar-refractivity contribution in [3.63, 3.8) is 0 Å². The molecule has 1 saturated heterocycles. The summed E-state index contributed by atoms with van der Waals surface area (Å²) in [4.78, 5) is 6.71. The molecule has 0 spiro atoms. The fraction of sp³-hybridized carbons (Fsp3) is 0.389. The predicted octanol–water partition coefficient (Wildman–Crippen LogP) is 1.76. The fourth-order valence-corrected chi connectivity index (χ4v) is 3.39. The molecule has 0 unspecified atom stereocenters. The van der Waals surface area contributed by atoms with Gasteiger partial charge in [0, 0.05) is 38.3 Å². The molecule has 6 nitrogen and oxygen atoms in total. The normalized spacial score (nSPS) is 19.3. The van der Waals surface area contributed by atoms with Gasteiger partial charge in [0.05, 0.1) is 18.1 Å². The van der Waals surface area contributed by atoms with E-state index in [1.165, 1.54) is 6.26 Å². The van der Waals surface area contributed by atoms with Gasteiger partial charge in [0.2, 0.25) is 0 Å². The van der Waals surface area contributed by atoms with Crippen molar-refractivity contribution < 1.29 is 17.9 Å². The standard InChI is InChI=1S/C18H22N2O4S/c1-25(21,22)18-6-4-16(5-7-18)24-17-13-20(9-10-23-14-17)12-15-3-2-8-19-11-15/h2-8,11,17H,9-10,12-14H2,1H3/t17-/m1/s1. The maximum Gasteiger partial charge on any atom is 0.175 e. The van der Waals surface area contributed by atoms with Crippen molar-refractivity contribution in [3.05, 3.63) is 54.4 Å². The second-order valence-electron chi connectivity index (χ2n) is 6.15. The molecule has 1 fully saturated rings. The van der Waals surface area contributed by atoms with Crippen molar-refractivity contribution in [2.75, 3.05) is 32.6 Å². The number of rotatable bonds is 5. The van der Waals surface area contributed by atoms with E-state index in [-0.39, 0.29) is 11.0 Å². The van der Waals surface area contributed by atoms with Gasteiger partial charge in [-0.05, 0) is 35.9 Å². The first-order valence-corrected chi connectivity index (χ1v) is 10.1. The second-order valence-corrected chi connectivity index (χ2v) is 8.17. The number of aromatic nitrogens is 1. The summed E-state index contributed by atoms with van der Waals surface area (Å²) in [6.45, 7) is 3.54. The zero-order valence-electron chi connectivity index (χ0n) is 14.2. The first-order valence-electron chi connectivity index (χ1n) is 8.16. The molecule has 3 rings (SSSR count). The summed E-state index contributed by atoms with van der Waals surface area (Å²) in [5.41, 5.74) is 1.15. The van der Waals surface area contributed by atoms with Crippen molar-refractivity contribution in [1.82, 2.24) is 9.88 Å². The van der Waals surface area contributed by atoms with Crippen LogP contribution in [0, 0.1) is 0 Å². The Kier molecular flexibility index (Phi) is 5.67. The van der Waals surface area contributed by atoms with Gasteiger partial charge in [0.1, 0.15) is 11.9 Å². The van der Waals surface area contributed by atoms with E-state index >= 15 is 0 Å². The summed E-state index contributed by atoms with van der Waals surface area (Å²) in [5, 5.41) is 0. The van der Waals surface area contributed by atoms with Gasteiger partial charge in [0.15, 0.2) is 9.84 Å².